The number of halogens is 2. The predicted octanol–water partition coefficient (Wildman–Crippen LogP) is 2.53. The number of nitrogens with zero attached hydrogens (tertiary/aromatic N) is 2. The summed E-state index contributed by atoms with van der Waals surface area (Å²) < 4.78 is 4.98. The van der Waals surface area contributed by atoms with Crippen LogP contribution < -0.4 is 0 Å². The molecule has 1 atom stereocenters. The Labute approximate surface area is 166 Å². The Hall–Kier alpha value is -2.12. The van der Waals surface area contributed by atoms with Crippen LogP contribution >= 0.6 is 23.2 Å². The number of rotatable bonds is 4. The van der Waals surface area contributed by atoms with Gasteiger partial charge in [0.25, 0.3) is 17.7 Å². The van der Waals surface area contributed by atoms with Crippen molar-refractivity contribution in [2.45, 2.75) is 32.2 Å². The van der Waals surface area contributed by atoms with Crippen LogP contribution in [0, 0.1) is 0 Å². The van der Waals surface area contributed by atoms with Crippen molar-refractivity contribution < 1.29 is 23.9 Å². The fourth-order valence-electron chi connectivity index (χ4n) is 3.30. The molecule has 7 nitrogen and oxygen atoms in total. The highest BCUT2D eigenvalue weighted by molar-refractivity contribution is 6.43. The second kappa shape index (κ2) is 7.86. The van der Waals surface area contributed by atoms with E-state index in [1.807, 2.05) is 6.92 Å². The number of piperidine rings is 1. The summed E-state index contributed by atoms with van der Waals surface area (Å²) in [7, 11) is 0. The second-order valence-corrected chi connectivity index (χ2v) is 7.42. The molecular formula is C18H18Cl2N2O5. The number of fused-ring (bicyclic) bond motifs is 1. The van der Waals surface area contributed by atoms with Crippen LogP contribution in [0.5, 0.6) is 0 Å². The zero-order valence-electron chi connectivity index (χ0n) is 14.7. The topological polar surface area (TPSA) is 84.0 Å². The molecule has 27 heavy (non-hydrogen) atoms. The van der Waals surface area contributed by atoms with Gasteiger partial charge in [0.1, 0.15) is 6.54 Å². The van der Waals surface area contributed by atoms with Gasteiger partial charge in [-0.2, -0.15) is 0 Å². The maximum absolute atomic E-state index is 12.4. The molecule has 1 saturated heterocycles. The van der Waals surface area contributed by atoms with E-state index in [2.05, 4.69) is 0 Å². The van der Waals surface area contributed by atoms with E-state index < -0.39 is 30.9 Å². The van der Waals surface area contributed by atoms with Gasteiger partial charge < -0.3 is 9.64 Å². The van der Waals surface area contributed by atoms with Gasteiger partial charge in [0.2, 0.25) is 0 Å². The third-order valence-corrected chi connectivity index (χ3v) is 5.50. The lowest BCUT2D eigenvalue weighted by Crippen LogP contribution is -2.44. The first-order valence-electron chi connectivity index (χ1n) is 8.60. The number of benzene rings is 1. The molecule has 2 heterocycles. The van der Waals surface area contributed by atoms with Crippen LogP contribution in [0.2, 0.25) is 10.0 Å². The molecule has 0 bridgehead atoms. The average molecular weight is 413 g/mol. The molecule has 1 aromatic carbocycles. The van der Waals surface area contributed by atoms with E-state index in [-0.39, 0.29) is 33.1 Å². The van der Waals surface area contributed by atoms with Crippen molar-refractivity contribution in [2.24, 2.45) is 0 Å². The van der Waals surface area contributed by atoms with Crippen molar-refractivity contribution in [1.29, 1.82) is 0 Å². The van der Waals surface area contributed by atoms with Crippen molar-refractivity contribution >= 4 is 46.9 Å². The lowest BCUT2D eigenvalue weighted by molar-refractivity contribution is -0.153. The SMILES string of the molecule is C[C@H]1CCCCN1C(=O)COC(=O)CN1C(=O)c2cc(Cl)c(Cl)cc2C1=O. The summed E-state index contributed by atoms with van der Waals surface area (Å²) in [6.45, 7) is 1.60. The van der Waals surface area contributed by atoms with Crippen molar-refractivity contribution in [1.82, 2.24) is 9.80 Å². The molecule has 0 unspecified atom stereocenters. The van der Waals surface area contributed by atoms with Crippen molar-refractivity contribution in [3.8, 4) is 0 Å². The molecule has 1 fully saturated rings. The standard InChI is InChI=1S/C18H18Cl2N2O5/c1-10-4-2-3-5-21(10)15(23)9-27-16(24)8-22-17(25)11-6-13(19)14(20)7-12(11)18(22)26/h6-7,10H,2-5,8-9H2,1H3/t10-/m0/s1. The molecule has 144 valence electrons. The minimum atomic E-state index is -0.834. The molecule has 0 spiro atoms. The second-order valence-electron chi connectivity index (χ2n) is 6.60. The zero-order chi connectivity index (χ0) is 19.7. The Morgan fingerprint density at radius 2 is 1.70 bits per heavy atom. The Balaban J connectivity index is 1.59. The van der Waals surface area contributed by atoms with E-state index in [1.165, 1.54) is 12.1 Å². The highest BCUT2D eigenvalue weighted by Gasteiger charge is 2.38. The fraction of sp³-hybridized carbons (Fsp3) is 0.444. The van der Waals surface area contributed by atoms with Crippen LogP contribution in [0.25, 0.3) is 0 Å². The molecule has 0 N–H and O–H groups in total. The van der Waals surface area contributed by atoms with E-state index in [0.29, 0.717) is 6.54 Å². The summed E-state index contributed by atoms with van der Waals surface area (Å²) in [4.78, 5) is 51.4. The van der Waals surface area contributed by atoms with Gasteiger partial charge in [-0.05, 0) is 38.3 Å². The van der Waals surface area contributed by atoms with Crippen LogP contribution in [0.4, 0.5) is 0 Å². The van der Waals surface area contributed by atoms with Gasteiger partial charge in [-0.25, -0.2) is 0 Å². The molecular weight excluding hydrogens is 395 g/mol. The molecule has 3 amide bonds. The van der Waals surface area contributed by atoms with E-state index in [1.54, 1.807) is 4.90 Å². The average Bonchev–Trinajstić information content (AvgIpc) is 2.85. The lowest BCUT2D eigenvalue weighted by Gasteiger charge is -2.33. The van der Waals surface area contributed by atoms with Crippen molar-refractivity contribution in [3.63, 3.8) is 0 Å². The molecule has 2 aliphatic rings. The van der Waals surface area contributed by atoms with Crippen molar-refractivity contribution in [3.05, 3.63) is 33.3 Å². The Kier molecular flexibility index (Phi) is 5.72. The minimum Gasteiger partial charge on any atom is -0.454 e. The van der Waals surface area contributed by atoms with E-state index in [9.17, 15) is 19.2 Å². The number of esters is 1. The summed E-state index contributed by atoms with van der Waals surface area (Å²) in [5, 5.41) is 0.282. The maximum atomic E-state index is 12.4. The number of imide groups is 1. The Morgan fingerprint density at radius 1 is 1.11 bits per heavy atom. The lowest BCUT2D eigenvalue weighted by atomic mass is 10.0. The number of hydrogen-bond acceptors (Lipinski definition) is 5. The highest BCUT2D eigenvalue weighted by atomic mass is 35.5. The Bertz CT molecular complexity index is 785. The highest BCUT2D eigenvalue weighted by Crippen LogP contribution is 2.31. The van der Waals surface area contributed by atoms with E-state index in [4.69, 9.17) is 27.9 Å². The molecule has 0 saturated carbocycles. The number of likely N-dealkylation sites (tertiary alicyclic amines) is 1. The zero-order valence-corrected chi connectivity index (χ0v) is 16.2. The summed E-state index contributed by atoms with van der Waals surface area (Å²) in [5.74, 6) is -2.42. The molecule has 2 aliphatic heterocycles. The van der Waals surface area contributed by atoms with Gasteiger partial charge in [-0.3, -0.25) is 24.1 Å². The Morgan fingerprint density at radius 3 is 2.26 bits per heavy atom. The van der Waals surface area contributed by atoms with Crippen LogP contribution in [-0.4, -0.2) is 59.2 Å². The first kappa shape index (κ1) is 19.6. The molecule has 9 heteroatoms. The van der Waals surface area contributed by atoms with Crippen LogP contribution in [-0.2, 0) is 14.3 Å². The van der Waals surface area contributed by atoms with E-state index >= 15 is 0 Å². The number of hydrogen-bond donors (Lipinski definition) is 0. The largest absolute Gasteiger partial charge is 0.454 e. The first-order valence-corrected chi connectivity index (χ1v) is 9.35. The number of ether oxygens (including phenoxy) is 1. The molecule has 1 aromatic rings. The molecule has 0 aromatic heterocycles. The van der Waals surface area contributed by atoms with Crippen molar-refractivity contribution in [2.75, 3.05) is 19.7 Å². The maximum Gasteiger partial charge on any atom is 0.326 e. The smallest absolute Gasteiger partial charge is 0.326 e. The fourth-order valence-corrected chi connectivity index (χ4v) is 3.62. The molecule has 3 rings (SSSR count). The number of carbonyl (C=O) groups is 4. The molecule has 0 aliphatic carbocycles. The number of carbonyl (C=O) groups excluding carboxylic acids is 4. The normalized spacial score (nSPS) is 19.3. The van der Waals surface area contributed by atoms with Gasteiger partial charge in [-0.1, -0.05) is 23.2 Å². The molecule has 0 radical (unpaired) electrons. The van der Waals surface area contributed by atoms with Gasteiger partial charge in [0.05, 0.1) is 21.2 Å². The van der Waals surface area contributed by atoms with Crippen LogP contribution in [0.15, 0.2) is 12.1 Å². The summed E-state index contributed by atoms with van der Waals surface area (Å²) in [6.07, 6.45) is 2.91. The van der Waals surface area contributed by atoms with E-state index in [0.717, 1.165) is 24.2 Å². The quantitative estimate of drug-likeness (QED) is 0.560. The van der Waals surface area contributed by atoms with Gasteiger partial charge >= 0.3 is 5.97 Å². The predicted molar refractivity (Wildman–Crippen MR) is 97.8 cm³/mol. The third kappa shape index (κ3) is 3.94. The third-order valence-electron chi connectivity index (χ3n) is 4.78. The van der Waals surface area contributed by atoms with Gasteiger partial charge in [0, 0.05) is 12.6 Å². The summed E-state index contributed by atoms with van der Waals surface area (Å²) >= 11 is 11.8. The first-order chi connectivity index (χ1) is 12.8. The van der Waals surface area contributed by atoms with Crippen LogP contribution in [0.1, 0.15) is 46.9 Å². The van der Waals surface area contributed by atoms with Gasteiger partial charge in [0.15, 0.2) is 6.61 Å². The van der Waals surface area contributed by atoms with Gasteiger partial charge in [-0.15, -0.1) is 0 Å². The minimum absolute atomic E-state index is 0.0837. The summed E-state index contributed by atoms with van der Waals surface area (Å²) in [6, 6.07) is 2.70. The monoisotopic (exact) mass is 412 g/mol. The summed E-state index contributed by atoms with van der Waals surface area (Å²) in [5.41, 5.74) is 0.167. The number of amides is 3. The van der Waals surface area contributed by atoms with Crippen LogP contribution in [0.3, 0.4) is 0 Å².